The van der Waals surface area contributed by atoms with Gasteiger partial charge in [0, 0.05) is 0 Å². The number of benzene rings is 2. The molecule has 0 aliphatic carbocycles. The van der Waals surface area contributed by atoms with Crippen LogP contribution in [-0.2, 0) is 24.3 Å². The number of methoxy groups -OCH3 is 1. The molecule has 0 amide bonds. The first kappa shape index (κ1) is 22.9. The van der Waals surface area contributed by atoms with Crippen molar-refractivity contribution in [1.29, 1.82) is 0 Å². The maximum Gasteiger partial charge on any atom is 0.339 e. The van der Waals surface area contributed by atoms with Gasteiger partial charge in [0.05, 0.1) is 37.0 Å². The van der Waals surface area contributed by atoms with Crippen LogP contribution >= 0.6 is 0 Å². The van der Waals surface area contributed by atoms with Crippen molar-refractivity contribution in [2.24, 2.45) is 0 Å². The second kappa shape index (κ2) is 9.88. The summed E-state index contributed by atoms with van der Waals surface area (Å²) in [5, 5.41) is 0. The molecule has 0 spiro atoms. The van der Waals surface area contributed by atoms with E-state index in [9.17, 15) is 22.8 Å². The van der Waals surface area contributed by atoms with E-state index in [1.165, 1.54) is 24.3 Å². The predicted octanol–water partition coefficient (Wildman–Crippen LogP) is 2.59. The molecule has 0 saturated heterocycles. The average molecular weight is 436 g/mol. The third-order valence-corrected chi connectivity index (χ3v) is 4.92. The lowest BCUT2D eigenvalue weighted by Crippen LogP contribution is -2.14. The Morgan fingerprint density at radius 2 is 1.37 bits per heavy atom. The molecule has 0 N–H and O–H groups in total. The summed E-state index contributed by atoms with van der Waals surface area (Å²) in [5.41, 5.74) is -0.165. The lowest BCUT2D eigenvalue weighted by atomic mass is 10.1. The molecular formula is C20H20O9S. The van der Waals surface area contributed by atoms with E-state index >= 15 is 0 Å². The summed E-state index contributed by atoms with van der Waals surface area (Å²) in [5.74, 6) is -2.55. The largest absolute Gasteiger partial charge is 0.465 e. The summed E-state index contributed by atoms with van der Waals surface area (Å²) in [6, 6.07) is 8.51. The van der Waals surface area contributed by atoms with Crippen molar-refractivity contribution in [1.82, 2.24) is 0 Å². The molecular weight excluding hydrogens is 416 g/mol. The maximum absolute atomic E-state index is 12.7. The second-order valence-corrected chi connectivity index (χ2v) is 7.29. The predicted molar refractivity (Wildman–Crippen MR) is 104 cm³/mol. The average Bonchev–Trinajstić information content (AvgIpc) is 2.73. The summed E-state index contributed by atoms with van der Waals surface area (Å²) in [4.78, 5) is 35.5. The molecule has 30 heavy (non-hydrogen) atoms. The highest BCUT2D eigenvalue weighted by Crippen LogP contribution is 2.24. The van der Waals surface area contributed by atoms with Crippen LogP contribution < -0.4 is 4.18 Å². The van der Waals surface area contributed by atoms with Crippen molar-refractivity contribution < 1.29 is 41.2 Å². The van der Waals surface area contributed by atoms with Gasteiger partial charge >= 0.3 is 28.0 Å². The van der Waals surface area contributed by atoms with Crippen molar-refractivity contribution in [3.8, 4) is 5.75 Å². The van der Waals surface area contributed by atoms with Gasteiger partial charge in [-0.05, 0) is 50.2 Å². The highest BCUT2D eigenvalue weighted by molar-refractivity contribution is 7.87. The zero-order valence-electron chi connectivity index (χ0n) is 16.5. The van der Waals surface area contributed by atoms with Gasteiger partial charge in [0.1, 0.15) is 10.6 Å². The molecule has 10 heteroatoms. The quantitative estimate of drug-likeness (QED) is 0.349. The van der Waals surface area contributed by atoms with Crippen LogP contribution in [0.2, 0.25) is 0 Å². The van der Waals surface area contributed by atoms with E-state index in [0.29, 0.717) is 0 Å². The summed E-state index contributed by atoms with van der Waals surface area (Å²) in [7, 11) is -3.23. The van der Waals surface area contributed by atoms with Gasteiger partial charge in [-0.1, -0.05) is 6.07 Å². The van der Waals surface area contributed by atoms with Crippen molar-refractivity contribution in [2.45, 2.75) is 18.7 Å². The van der Waals surface area contributed by atoms with Crippen molar-refractivity contribution in [3.63, 3.8) is 0 Å². The third-order valence-electron chi connectivity index (χ3n) is 3.68. The molecule has 0 radical (unpaired) electrons. The monoisotopic (exact) mass is 436 g/mol. The van der Waals surface area contributed by atoms with Crippen LogP contribution in [0.3, 0.4) is 0 Å². The second-order valence-electron chi connectivity index (χ2n) is 5.74. The van der Waals surface area contributed by atoms with Crippen molar-refractivity contribution in [2.75, 3.05) is 20.3 Å². The van der Waals surface area contributed by atoms with E-state index in [1.54, 1.807) is 13.8 Å². The van der Waals surface area contributed by atoms with E-state index in [4.69, 9.17) is 13.7 Å². The third kappa shape index (κ3) is 5.57. The molecule has 0 bridgehead atoms. The van der Waals surface area contributed by atoms with E-state index in [2.05, 4.69) is 4.74 Å². The molecule has 0 heterocycles. The van der Waals surface area contributed by atoms with Crippen molar-refractivity contribution >= 4 is 28.0 Å². The Morgan fingerprint density at radius 1 is 0.800 bits per heavy atom. The number of carbonyl (C=O) groups is 3. The van der Waals surface area contributed by atoms with Crippen LogP contribution in [0.1, 0.15) is 44.9 Å². The van der Waals surface area contributed by atoms with Crippen LogP contribution in [0.25, 0.3) is 0 Å². The summed E-state index contributed by atoms with van der Waals surface area (Å²) >= 11 is 0. The molecule has 2 aromatic carbocycles. The molecule has 2 aromatic rings. The van der Waals surface area contributed by atoms with Crippen LogP contribution in [-0.4, -0.2) is 46.6 Å². The van der Waals surface area contributed by atoms with E-state index < -0.39 is 28.0 Å². The Morgan fingerprint density at radius 3 is 1.87 bits per heavy atom. The SMILES string of the molecule is CCOC(=O)c1cc(OS(=O)(=O)c2cccc(C(=O)OC)c2)cc(C(=O)OCC)c1. The summed E-state index contributed by atoms with van der Waals surface area (Å²) < 4.78 is 44.8. The minimum absolute atomic E-state index is 0.00895. The lowest BCUT2D eigenvalue weighted by Gasteiger charge is -2.11. The minimum atomic E-state index is -4.40. The van der Waals surface area contributed by atoms with Gasteiger partial charge in [-0.15, -0.1) is 0 Å². The van der Waals surface area contributed by atoms with Crippen LogP contribution in [0.4, 0.5) is 0 Å². The Bertz CT molecular complexity index is 1020. The Labute approximate surface area is 173 Å². The minimum Gasteiger partial charge on any atom is -0.465 e. The van der Waals surface area contributed by atoms with Gasteiger partial charge in [-0.2, -0.15) is 8.42 Å². The Hall–Kier alpha value is -3.40. The molecule has 0 atom stereocenters. The topological polar surface area (TPSA) is 122 Å². The molecule has 0 fully saturated rings. The number of esters is 3. The molecule has 0 unspecified atom stereocenters. The first-order valence-electron chi connectivity index (χ1n) is 8.84. The van der Waals surface area contributed by atoms with Crippen LogP contribution in [0.5, 0.6) is 5.75 Å². The Kier molecular flexibility index (Phi) is 7.54. The van der Waals surface area contributed by atoms with E-state index in [-0.39, 0.29) is 40.5 Å². The fraction of sp³-hybridized carbons (Fsp3) is 0.250. The van der Waals surface area contributed by atoms with E-state index in [1.807, 2.05) is 0 Å². The fourth-order valence-corrected chi connectivity index (χ4v) is 3.35. The lowest BCUT2D eigenvalue weighted by molar-refractivity contribution is 0.0522. The zero-order chi connectivity index (χ0) is 22.3. The number of carbonyl (C=O) groups excluding carboxylic acids is 3. The first-order chi connectivity index (χ1) is 14.2. The summed E-state index contributed by atoms with van der Waals surface area (Å²) in [6.07, 6.45) is 0. The smallest absolute Gasteiger partial charge is 0.339 e. The molecule has 9 nitrogen and oxygen atoms in total. The Balaban J connectivity index is 2.45. The number of rotatable bonds is 8. The van der Waals surface area contributed by atoms with E-state index in [0.717, 1.165) is 25.3 Å². The number of ether oxygens (including phenoxy) is 3. The molecule has 2 rings (SSSR count). The number of hydrogen-bond acceptors (Lipinski definition) is 9. The molecule has 0 aliphatic heterocycles. The first-order valence-corrected chi connectivity index (χ1v) is 10.2. The van der Waals surface area contributed by atoms with Gasteiger partial charge < -0.3 is 18.4 Å². The van der Waals surface area contributed by atoms with Gasteiger partial charge in [-0.3, -0.25) is 0 Å². The van der Waals surface area contributed by atoms with Gasteiger partial charge in [0.25, 0.3) is 0 Å². The van der Waals surface area contributed by atoms with Crippen LogP contribution in [0.15, 0.2) is 47.4 Å². The number of hydrogen-bond donors (Lipinski definition) is 0. The molecule has 160 valence electrons. The van der Waals surface area contributed by atoms with Gasteiger partial charge in [0.15, 0.2) is 0 Å². The molecule has 0 aliphatic rings. The maximum atomic E-state index is 12.7. The van der Waals surface area contributed by atoms with Crippen LogP contribution in [0, 0.1) is 0 Å². The van der Waals surface area contributed by atoms with Gasteiger partial charge in [0.2, 0.25) is 0 Å². The molecule has 0 aromatic heterocycles. The standard InChI is InChI=1S/C20H20O9S/c1-4-27-19(22)14-9-15(20(23)28-5-2)11-16(10-14)29-30(24,25)17-8-6-7-13(12-17)18(21)26-3/h6-12H,4-5H2,1-3H3. The van der Waals surface area contributed by atoms with Crippen molar-refractivity contribution in [3.05, 3.63) is 59.2 Å². The molecule has 0 saturated carbocycles. The highest BCUT2D eigenvalue weighted by Gasteiger charge is 2.22. The van der Waals surface area contributed by atoms with Gasteiger partial charge in [-0.25, -0.2) is 14.4 Å². The fourth-order valence-electron chi connectivity index (χ4n) is 2.38. The highest BCUT2D eigenvalue weighted by atomic mass is 32.2. The zero-order valence-corrected chi connectivity index (χ0v) is 17.4. The summed E-state index contributed by atoms with van der Waals surface area (Å²) in [6.45, 7) is 3.36. The normalized spacial score (nSPS) is 10.8.